The van der Waals surface area contributed by atoms with E-state index >= 15 is 0 Å². The number of rotatable bonds is 38. The lowest BCUT2D eigenvalue weighted by Gasteiger charge is -2.31. The van der Waals surface area contributed by atoms with Crippen LogP contribution in [0.15, 0.2) is 0 Å². The van der Waals surface area contributed by atoms with Crippen molar-refractivity contribution in [2.45, 2.75) is 245 Å². The van der Waals surface area contributed by atoms with Crippen molar-refractivity contribution in [3.8, 4) is 0 Å². The van der Waals surface area contributed by atoms with Crippen LogP contribution < -0.4 is 24.8 Å². The summed E-state index contributed by atoms with van der Waals surface area (Å²) >= 11 is 0. The predicted molar refractivity (Wildman–Crippen MR) is 226 cm³/mol. The first-order chi connectivity index (χ1) is 24.0. The van der Waals surface area contributed by atoms with Crippen molar-refractivity contribution in [1.29, 1.82) is 0 Å². The molecule has 4 nitrogen and oxygen atoms in total. The lowest BCUT2D eigenvalue weighted by Crippen LogP contribution is -3.00. The van der Waals surface area contributed by atoms with Crippen molar-refractivity contribution in [2.75, 3.05) is 54.4 Å². The number of hydrogen-bond donors (Lipinski definition) is 2. The predicted octanol–water partition coefficient (Wildman–Crippen LogP) is 7.42. The zero-order chi connectivity index (χ0) is 37.6. The molecular formula is C46H100Cl2N2O2. The van der Waals surface area contributed by atoms with Crippen molar-refractivity contribution in [3.05, 3.63) is 0 Å². The summed E-state index contributed by atoms with van der Waals surface area (Å²) in [5.41, 5.74) is 0. The van der Waals surface area contributed by atoms with Gasteiger partial charge >= 0.3 is 0 Å². The van der Waals surface area contributed by atoms with Crippen LogP contribution in [0.5, 0.6) is 0 Å². The Morgan fingerprint density at radius 1 is 0.308 bits per heavy atom. The van der Waals surface area contributed by atoms with Gasteiger partial charge in [0.15, 0.2) is 0 Å². The van der Waals surface area contributed by atoms with Crippen LogP contribution in [0.1, 0.15) is 233 Å². The van der Waals surface area contributed by atoms with E-state index in [1.165, 1.54) is 219 Å². The van der Waals surface area contributed by atoms with E-state index in [2.05, 4.69) is 42.0 Å². The molecule has 52 heavy (non-hydrogen) atoms. The largest absolute Gasteiger partial charge is 1.00 e. The van der Waals surface area contributed by atoms with Gasteiger partial charge in [-0.3, -0.25) is 0 Å². The van der Waals surface area contributed by atoms with Gasteiger partial charge in [0.1, 0.15) is 25.3 Å². The second kappa shape index (κ2) is 44.1. The first kappa shape index (κ1) is 59.1. The Hall–Kier alpha value is 0.420. The minimum absolute atomic E-state index is 0. The van der Waals surface area contributed by atoms with Crippen LogP contribution in [0.2, 0.25) is 0 Å². The van der Waals surface area contributed by atoms with E-state index in [0.717, 1.165) is 22.1 Å². The summed E-state index contributed by atoms with van der Waals surface area (Å²) in [6, 6.07) is 0. The van der Waals surface area contributed by atoms with Gasteiger partial charge in [0.05, 0.1) is 41.3 Å². The van der Waals surface area contributed by atoms with Gasteiger partial charge in [-0.2, -0.15) is 0 Å². The molecule has 0 aromatic carbocycles. The van der Waals surface area contributed by atoms with Gasteiger partial charge in [0.2, 0.25) is 0 Å². The van der Waals surface area contributed by atoms with Crippen LogP contribution in [0, 0.1) is 0 Å². The van der Waals surface area contributed by atoms with Crippen LogP contribution in [0.4, 0.5) is 0 Å². The molecule has 0 amide bonds. The summed E-state index contributed by atoms with van der Waals surface area (Å²) in [5, 5.41) is 19.0. The SMILES string of the molecule is CCCCCCCCCCCCCCCCCC[N+](C)(C)CC(C)O.CCCCCCCCCCCCCCCCCC[N+](C)(C)CC(C)O.[Cl-].[Cl-]. The lowest BCUT2D eigenvalue weighted by atomic mass is 10.0. The third-order valence-corrected chi connectivity index (χ3v) is 10.8. The number of aliphatic hydroxyl groups excluding tert-OH is 2. The topological polar surface area (TPSA) is 40.5 Å². The van der Waals surface area contributed by atoms with Crippen LogP contribution >= 0.6 is 0 Å². The molecule has 320 valence electrons. The maximum absolute atomic E-state index is 9.51. The zero-order valence-electron chi connectivity index (χ0n) is 37.2. The fourth-order valence-electron chi connectivity index (χ4n) is 7.79. The Labute approximate surface area is 342 Å². The summed E-state index contributed by atoms with van der Waals surface area (Å²) in [4.78, 5) is 0. The van der Waals surface area contributed by atoms with E-state index in [-0.39, 0.29) is 37.0 Å². The van der Waals surface area contributed by atoms with E-state index in [1.807, 2.05) is 13.8 Å². The van der Waals surface area contributed by atoms with Gasteiger partial charge < -0.3 is 44.0 Å². The second-order valence-corrected chi connectivity index (χ2v) is 18.0. The van der Waals surface area contributed by atoms with Crippen LogP contribution in [0.3, 0.4) is 0 Å². The average molecular weight is 784 g/mol. The molecule has 0 heterocycles. The van der Waals surface area contributed by atoms with E-state index in [4.69, 9.17) is 0 Å². The summed E-state index contributed by atoms with van der Waals surface area (Å²) in [7, 11) is 8.94. The monoisotopic (exact) mass is 783 g/mol. The highest BCUT2D eigenvalue weighted by Crippen LogP contribution is 2.16. The highest BCUT2D eigenvalue weighted by molar-refractivity contribution is 4.53. The Bertz CT molecular complexity index is 592. The first-order valence-electron chi connectivity index (χ1n) is 23.0. The molecule has 0 aliphatic heterocycles. The second-order valence-electron chi connectivity index (χ2n) is 18.0. The lowest BCUT2D eigenvalue weighted by molar-refractivity contribution is -0.893. The molecule has 0 fully saturated rings. The van der Waals surface area contributed by atoms with Crippen LogP contribution in [-0.4, -0.2) is 85.8 Å². The van der Waals surface area contributed by atoms with Gasteiger partial charge in [0.25, 0.3) is 0 Å². The zero-order valence-corrected chi connectivity index (χ0v) is 38.7. The third-order valence-electron chi connectivity index (χ3n) is 10.8. The number of likely N-dealkylation sites (N-methyl/N-ethyl adjacent to an activating group) is 2. The smallest absolute Gasteiger partial charge is 0.104 e. The molecule has 0 aliphatic carbocycles. The Morgan fingerprint density at radius 3 is 0.615 bits per heavy atom. The highest BCUT2D eigenvalue weighted by atomic mass is 35.5. The molecule has 2 unspecified atom stereocenters. The Morgan fingerprint density at radius 2 is 0.462 bits per heavy atom. The van der Waals surface area contributed by atoms with Gasteiger partial charge in [-0.15, -0.1) is 0 Å². The minimum Gasteiger partial charge on any atom is -1.00 e. The fraction of sp³-hybridized carbons (Fsp3) is 1.00. The molecule has 0 saturated carbocycles. The maximum atomic E-state index is 9.51. The van der Waals surface area contributed by atoms with Crippen molar-refractivity contribution < 1.29 is 44.0 Å². The number of hydrogen-bond acceptors (Lipinski definition) is 2. The van der Waals surface area contributed by atoms with Gasteiger partial charge in [0, 0.05) is 0 Å². The molecule has 0 aromatic heterocycles. The molecule has 0 radical (unpaired) electrons. The van der Waals surface area contributed by atoms with Crippen molar-refractivity contribution in [3.63, 3.8) is 0 Å². The molecule has 0 saturated heterocycles. The number of aliphatic hydroxyl groups is 2. The third kappa shape index (κ3) is 52.5. The van der Waals surface area contributed by atoms with Crippen molar-refractivity contribution in [1.82, 2.24) is 0 Å². The van der Waals surface area contributed by atoms with E-state index in [0.29, 0.717) is 0 Å². The highest BCUT2D eigenvalue weighted by Gasteiger charge is 2.17. The molecule has 6 heteroatoms. The van der Waals surface area contributed by atoms with Gasteiger partial charge in [-0.05, 0) is 39.5 Å². The molecule has 0 aliphatic rings. The fourth-order valence-corrected chi connectivity index (χ4v) is 7.79. The maximum Gasteiger partial charge on any atom is 0.104 e. The summed E-state index contributed by atoms with van der Waals surface area (Å²) in [5.74, 6) is 0. The summed E-state index contributed by atoms with van der Waals surface area (Å²) in [6.07, 6.45) is 45.3. The van der Waals surface area contributed by atoms with E-state index < -0.39 is 0 Å². The average Bonchev–Trinajstić information content (AvgIpc) is 3.03. The number of unbranched alkanes of at least 4 members (excludes halogenated alkanes) is 30. The molecule has 2 atom stereocenters. The summed E-state index contributed by atoms with van der Waals surface area (Å²) < 4.78 is 1.91. The Kier molecular flexibility index (Phi) is 50.2. The molecule has 0 aromatic rings. The van der Waals surface area contributed by atoms with Crippen LogP contribution in [0.25, 0.3) is 0 Å². The normalized spacial score (nSPS) is 12.8. The quantitative estimate of drug-likeness (QED) is 0.0506. The molecule has 0 rings (SSSR count). The number of halogens is 2. The standard InChI is InChI=1S/2C23H50NO.2ClH/c2*1-5-6-7-8-9-10-11-12-13-14-15-16-17-18-19-20-21-24(3,4)22-23(2)25;;/h2*23,25H,5-22H2,1-4H3;2*1H/q2*+1;;/p-2. The van der Waals surface area contributed by atoms with E-state index in [9.17, 15) is 10.2 Å². The van der Waals surface area contributed by atoms with Gasteiger partial charge in [-0.1, -0.05) is 194 Å². The first-order valence-corrected chi connectivity index (χ1v) is 23.0. The van der Waals surface area contributed by atoms with Crippen molar-refractivity contribution in [2.24, 2.45) is 0 Å². The van der Waals surface area contributed by atoms with E-state index in [1.54, 1.807) is 0 Å². The minimum atomic E-state index is -0.184. The van der Waals surface area contributed by atoms with Crippen molar-refractivity contribution >= 4 is 0 Å². The van der Waals surface area contributed by atoms with Gasteiger partial charge in [-0.25, -0.2) is 0 Å². The molecule has 0 bridgehead atoms. The Balaban J connectivity index is -0.000000427. The molecular weight excluding hydrogens is 683 g/mol. The number of nitrogens with zero attached hydrogens (tertiary/aromatic N) is 2. The summed E-state index contributed by atoms with van der Waals surface area (Å²) in [6.45, 7) is 12.5. The van der Waals surface area contributed by atoms with Crippen LogP contribution in [-0.2, 0) is 0 Å². The molecule has 0 spiro atoms. The molecule has 2 N–H and O–H groups in total. The number of quaternary nitrogens is 2.